The van der Waals surface area contributed by atoms with Gasteiger partial charge in [0.05, 0.1) is 36.4 Å². The van der Waals surface area contributed by atoms with Gasteiger partial charge < -0.3 is 14.8 Å². The van der Waals surface area contributed by atoms with Gasteiger partial charge in [0.15, 0.2) is 0 Å². The molecule has 1 aromatic heterocycles. The number of anilines is 1. The van der Waals surface area contributed by atoms with Gasteiger partial charge in [-0.05, 0) is 31.5 Å². The molecule has 0 bridgehead atoms. The molecule has 1 aliphatic heterocycles. The number of nitrogens with zero attached hydrogens (tertiary/aromatic N) is 2. The standard InChI is InChI=1S/C23H25N3O3/c1-4-10-17-20(22(27)29-5-2)21(15-11-6-9-14-19(15)28-3)26-18-13-8-7-12-16(18)24-23(26)25-17/h6-9,11-14,21H,4-5,10H2,1-3H3,(H,24,25)/t21-/m0/s1. The molecule has 0 fully saturated rings. The van der Waals surface area contributed by atoms with Crippen LogP contribution < -0.4 is 10.1 Å². The Hall–Kier alpha value is -3.28. The third kappa shape index (κ3) is 3.24. The minimum atomic E-state index is -0.393. The molecule has 4 rings (SSSR count). The molecular weight excluding hydrogens is 366 g/mol. The van der Waals surface area contributed by atoms with Gasteiger partial charge in [-0.15, -0.1) is 0 Å². The Labute approximate surface area is 170 Å². The lowest BCUT2D eigenvalue weighted by Crippen LogP contribution is -2.30. The smallest absolute Gasteiger partial charge is 0.338 e. The fourth-order valence-electron chi connectivity index (χ4n) is 3.97. The summed E-state index contributed by atoms with van der Waals surface area (Å²) in [6.07, 6.45) is 1.62. The zero-order chi connectivity index (χ0) is 20.4. The van der Waals surface area contributed by atoms with E-state index in [2.05, 4.69) is 16.8 Å². The van der Waals surface area contributed by atoms with E-state index in [1.54, 1.807) is 7.11 Å². The van der Waals surface area contributed by atoms with Crippen LogP contribution in [0.2, 0.25) is 0 Å². The Morgan fingerprint density at radius 1 is 1.14 bits per heavy atom. The predicted octanol–water partition coefficient (Wildman–Crippen LogP) is 4.68. The highest BCUT2D eigenvalue weighted by atomic mass is 16.5. The van der Waals surface area contributed by atoms with Crippen LogP contribution in [0.15, 0.2) is 59.8 Å². The maximum Gasteiger partial charge on any atom is 0.338 e. The Balaban J connectivity index is 2.03. The fraction of sp³-hybridized carbons (Fsp3) is 0.304. The lowest BCUT2D eigenvalue weighted by Gasteiger charge is -2.32. The lowest BCUT2D eigenvalue weighted by atomic mass is 9.92. The van der Waals surface area contributed by atoms with E-state index in [9.17, 15) is 4.79 Å². The largest absolute Gasteiger partial charge is 0.496 e. The monoisotopic (exact) mass is 391 g/mol. The highest BCUT2D eigenvalue weighted by molar-refractivity contribution is 5.94. The summed E-state index contributed by atoms with van der Waals surface area (Å²) in [7, 11) is 1.65. The van der Waals surface area contributed by atoms with Crippen molar-refractivity contribution in [3.8, 4) is 5.75 Å². The first-order valence-corrected chi connectivity index (χ1v) is 9.96. The van der Waals surface area contributed by atoms with Gasteiger partial charge in [-0.1, -0.05) is 43.7 Å². The molecule has 6 heteroatoms. The third-order valence-electron chi connectivity index (χ3n) is 5.14. The number of carbonyl (C=O) groups is 1. The van der Waals surface area contributed by atoms with Gasteiger partial charge in [-0.3, -0.25) is 4.57 Å². The second-order valence-corrected chi connectivity index (χ2v) is 6.93. The van der Waals surface area contributed by atoms with Crippen molar-refractivity contribution < 1.29 is 14.3 Å². The number of methoxy groups -OCH3 is 1. The summed E-state index contributed by atoms with van der Waals surface area (Å²) in [5.41, 5.74) is 4.18. The van der Waals surface area contributed by atoms with Gasteiger partial charge in [0, 0.05) is 11.3 Å². The van der Waals surface area contributed by atoms with Crippen LogP contribution in [0.5, 0.6) is 5.75 Å². The summed E-state index contributed by atoms with van der Waals surface area (Å²) in [4.78, 5) is 17.9. The number of nitrogens with one attached hydrogen (secondary N) is 1. The number of para-hydroxylation sites is 3. The van der Waals surface area contributed by atoms with Crippen molar-refractivity contribution in [2.45, 2.75) is 32.7 Å². The first-order chi connectivity index (χ1) is 14.2. The molecule has 1 N–H and O–H groups in total. The average molecular weight is 391 g/mol. The van der Waals surface area contributed by atoms with Crippen molar-refractivity contribution in [2.24, 2.45) is 0 Å². The van der Waals surface area contributed by atoms with Gasteiger partial charge in [0.25, 0.3) is 0 Å². The maximum atomic E-state index is 13.1. The molecular formula is C23H25N3O3. The van der Waals surface area contributed by atoms with Crippen molar-refractivity contribution in [3.05, 3.63) is 65.4 Å². The summed E-state index contributed by atoms with van der Waals surface area (Å²) in [5, 5.41) is 3.40. The molecule has 6 nitrogen and oxygen atoms in total. The highest BCUT2D eigenvalue weighted by Gasteiger charge is 2.37. The van der Waals surface area contributed by atoms with E-state index in [1.165, 1.54) is 0 Å². The number of hydrogen-bond acceptors (Lipinski definition) is 5. The summed E-state index contributed by atoms with van der Waals surface area (Å²) >= 11 is 0. The van der Waals surface area contributed by atoms with Crippen molar-refractivity contribution in [1.29, 1.82) is 0 Å². The average Bonchev–Trinajstić information content (AvgIpc) is 3.11. The van der Waals surface area contributed by atoms with Crippen molar-refractivity contribution in [3.63, 3.8) is 0 Å². The van der Waals surface area contributed by atoms with E-state index >= 15 is 0 Å². The first-order valence-electron chi connectivity index (χ1n) is 9.96. The quantitative estimate of drug-likeness (QED) is 0.618. The van der Waals surface area contributed by atoms with E-state index < -0.39 is 6.04 Å². The Morgan fingerprint density at radius 2 is 1.90 bits per heavy atom. The molecule has 0 radical (unpaired) electrons. The van der Waals surface area contributed by atoms with Gasteiger partial charge in [0.2, 0.25) is 5.95 Å². The van der Waals surface area contributed by atoms with Crippen LogP contribution in [-0.4, -0.2) is 29.2 Å². The molecule has 3 aromatic rings. The molecule has 150 valence electrons. The van der Waals surface area contributed by atoms with Gasteiger partial charge in [0.1, 0.15) is 5.75 Å². The van der Waals surface area contributed by atoms with Crippen molar-refractivity contribution in [2.75, 3.05) is 19.0 Å². The fourth-order valence-corrected chi connectivity index (χ4v) is 3.97. The zero-order valence-corrected chi connectivity index (χ0v) is 16.9. The van der Waals surface area contributed by atoms with Gasteiger partial charge >= 0.3 is 5.97 Å². The molecule has 29 heavy (non-hydrogen) atoms. The van der Waals surface area contributed by atoms with Crippen LogP contribution in [0, 0.1) is 0 Å². The normalized spacial score (nSPS) is 15.8. The van der Waals surface area contributed by atoms with E-state index in [1.807, 2.05) is 55.5 Å². The van der Waals surface area contributed by atoms with E-state index in [0.717, 1.165) is 46.8 Å². The van der Waals surface area contributed by atoms with Crippen LogP contribution >= 0.6 is 0 Å². The maximum absolute atomic E-state index is 13.1. The first kappa shape index (κ1) is 19.1. The number of imidazole rings is 1. The molecule has 0 saturated carbocycles. The molecule has 0 saturated heterocycles. The molecule has 2 heterocycles. The number of aromatic nitrogens is 2. The number of hydrogen-bond donors (Lipinski definition) is 1. The number of allylic oxidation sites excluding steroid dienone is 1. The number of rotatable bonds is 6. The summed E-state index contributed by atoms with van der Waals surface area (Å²) < 4.78 is 13.2. The Morgan fingerprint density at radius 3 is 2.66 bits per heavy atom. The molecule has 0 amide bonds. The second-order valence-electron chi connectivity index (χ2n) is 6.93. The molecule has 2 aromatic carbocycles. The summed E-state index contributed by atoms with van der Waals surface area (Å²) in [5.74, 6) is 1.13. The van der Waals surface area contributed by atoms with Gasteiger partial charge in [-0.25, -0.2) is 9.78 Å². The summed E-state index contributed by atoms with van der Waals surface area (Å²) in [6, 6.07) is 15.3. The second kappa shape index (κ2) is 7.99. The number of esters is 1. The lowest BCUT2D eigenvalue weighted by molar-refractivity contribution is -0.139. The SMILES string of the molecule is CCCC1=C(C(=O)OCC)[C@H](c2ccccc2OC)n2c(nc3ccccc32)N1. The minimum Gasteiger partial charge on any atom is -0.496 e. The van der Waals surface area contributed by atoms with E-state index in [0.29, 0.717) is 12.2 Å². The van der Waals surface area contributed by atoms with E-state index in [4.69, 9.17) is 14.5 Å². The highest BCUT2D eigenvalue weighted by Crippen LogP contribution is 2.43. The zero-order valence-electron chi connectivity index (χ0n) is 16.9. The number of carbonyl (C=O) groups excluding carboxylic acids is 1. The predicted molar refractivity (Wildman–Crippen MR) is 113 cm³/mol. The van der Waals surface area contributed by atoms with Crippen LogP contribution in [0.25, 0.3) is 11.0 Å². The van der Waals surface area contributed by atoms with Crippen molar-refractivity contribution >= 4 is 23.0 Å². The Kier molecular flexibility index (Phi) is 5.25. The van der Waals surface area contributed by atoms with Crippen LogP contribution in [0.4, 0.5) is 5.95 Å². The summed E-state index contributed by atoms with van der Waals surface area (Å²) in [6.45, 7) is 4.23. The van der Waals surface area contributed by atoms with Crippen LogP contribution in [0.1, 0.15) is 38.3 Å². The van der Waals surface area contributed by atoms with E-state index in [-0.39, 0.29) is 5.97 Å². The topological polar surface area (TPSA) is 65.4 Å². The molecule has 1 aliphatic rings. The number of benzene rings is 2. The third-order valence-corrected chi connectivity index (χ3v) is 5.14. The van der Waals surface area contributed by atoms with Gasteiger partial charge in [-0.2, -0.15) is 0 Å². The van der Waals surface area contributed by atoms with Crippen LogP contribution in [0.3, 0.4) is 0 Å². The Bertz CT molecular complexity index is 1080. The molecule has 0 unspecified atom stereocenters. The number of fused-ring (bicyclic) bond motifs is 3. The number of ether oxygens (including phenoxy) is 2. The molecule has 0 spiro atoms. The van der Waals surface area contributed by atoms with Crippen molar-refractivity contribution in [1.82, 2.24) is 9.55 Å². The molecule has 1 atom stereocenters. The molecule has 0 aliphatic carbocycles. The van der Waals surface area contributed by atoms with Crippen LogP contribution in [-0.2, 0) is 9.53 Å². The minimum absolute atomic E-state index is 0.317.